The molecule has 0 heterocycles. The van der Waals surface area contributed by atoms with E-state index in [1.807, 2.05) is 0 Å². The zero-order chi connectivity index (χ0) is 9.23. The van der Waals surface area contributed by atoms with Crippen LogP contribution in [0.5, 0.6) is 0 Å². The van der Waals surface area contributed by atoms with Crippen LogP contribution in [0.25, 0.3) is 0 Å². The summed E-state index contributed by atoms with van der Waals surface area (Å²) in [5.74, 6) is 3.57. The van der Waals surface area contributed by atoms with Crippen molar-refractivity contribution in [2.24, 2.45) is 5.92 Å². The zero-order valence-electron chi connectivity index (χ0n) is 8.64. The molecule has 1 unspecified atom stereocenters. The second kappa shape index (κ2) is 9.79. The van der Waals surface area contributed by atoms with Crippen LogP contribution in [0, 0.1) is 5.92 Å². The molecular weight excluding hydrogens is 184 g/mol. The largest absolute Gasteiger partial charge is 0.0941 e. The maximum absolute atomic E-state index is 2.33. The molecule has 12 heavy (non-hydrogen) atoms. The van der Waals surface area contributed by atoms with Crippen molar-refractivity contribution in [3.8, 4) is 0 Å². The number of rotatable bonds is 8. The molecule has 0 N–H and O–H groups in total. The minimum atomic E-state index is 0.897. The predicted octanol–water partition coefficient (Wildman–Crippen LogP) is 4.60. The molecule has 0 saturated carbocycles. The minimum Gasteiger partial charge on any atom is -0.0941 e. The fraction of sp³-hybridized carbons (Fsp3) is 1.00. The Morgan fingerprint density at radius 2 is 1.83 bits per heavy atom. The number of unbranched alkanes of at least 4 members (excludes halogenated alkanes) is 2. The first-order chi connectivity index (χ1) is 5.81. The van der Waals surface area contributed by atoms with Gasteiger partial charge < -0.3 is 0 Å². The van der Waals surface area contributed by atoms with Crippen LogP contribution in [0.2, 0.25) is 0 Å². The summed E-state index contributed by atoms with van der Waals surface area (Å²) in [5, 5.41) is 0. The van der Waals surface area contributed by atoms with E-state index in [1.165, 1.54) is 37.2 Å². The van der Waals surface area contributed by atoms with Crippen LogP contribution in [0.1, 0.15) is 46.5 Å². The maximum atomic E-state index is 2.33. The van der Waals surface area contributed by atoms with E-state index in [4.69, 9.17) is 0 Å². The standard InChI is InChI=1S/C10H22S2/c1-4-6-7-8-11-12-9-10(3)5-2/h10H,4-9H2,1-3H3. The van der Waals surface area contributed by atoms with Crippen LogP contribution in [-0.2, 0) is 0 Å². The molecule has 0 aromatic heterocycles. The Balaban J connectivity index is 2.90. The summed E-state index contributed by atoms with van der Waals surface area (Å²) in [6.45, 7) is 6.86. The SMILES string of the molecule is CCCCCSSCC(C)CC. The summed E-state index contributed by atoms with van der Waals surface area (Å²) in [4.78, 5) is 0. The van der Waals surface area contributed by atoms with E-state index < -0.39 is 0 Å². The van der Waals surface area contributed by atoms with Crippen LogP contribution in [-0.4, -0.2) is 11.5 Å². The first-order valence-electron chi connectivity index (χ1n) is 5.05. The average Bonchev–Trinajstić information content (AvgIpc) is 2.10. The lowest BCUT2D eigenvalue weighted by Gasteiger charge is -2.06. The van der Waals surface area contributed by atoms with Crippen LogP contribution >= 0.6 is 21.6 Å². The minimum absolute atomic E-state index is 0.897. The van der Waals surface area contributed by atoms with E-state index in [9.17, 15) is 0 Å². The van der Waals surface area contributed by atoms with Crippen molar-refractivity contribution in [2.45, 2.75) is 46.5 Å². The van der Waals surface area contributed by atoms with Gasteiger partial charge in [-0.3, -0.25) is 0 Å². The summed E-state index contributed by atoms with van der Waals surface area (Å²) < 4.78 is 0. The number of hydrogen-bond donors (Lipinski definition) is 0. The highest BCUT2D eigenvalue weighted by atomic mass is 33.1. The van der Waals surface area contributed by atoms with E-state index in [2.05, 4.69) is 42.4 Å². The smallest absolute Gasteiger partial charge is 0.00625 e. The summed E-state index contributed by atoms with van der Waals surface area (Å²) in [6, 6.07) is 0. The molecule has 0 bridgehead atoms. The van der Waals surface area contributed by atoms with Gasteiger partial charge >= 0.3 is 0 Å². The molecule has 0 aromatic carbocycles. The highest BCUT2D eigenvalue weighted by molar-refractivity contribution is 8.76. The van der Waals surface area contributed by atoms with Crippen LogP contribution in [0.15, 0.2) is 0 Å². The summed E-state index contributed by atoms with van der Waals surface area (Å²) in [5.41, 5.74) is 0. The lowest BCUT2D eigenvalue weighted by molar-refractivity contribution is 0.638. The van der Waals surface area contributed by atoms with Gasteiger partial charge in [0.25, 0.3) is 0 Å². The van der Waals surface area contributed by atoms with Crippen LogP contribution in [0.3, 0.4) is 0 Å². The summed E-state index contributed by atoms with van der Waals surface area (Å²) >= 11 is 0. The third-order valence-corrected chi connectivity index (χ3v) is 4.70. The monoisotopic (exact) mass is 206 g/mol. The molecule has 1 atom stereocenters. The third kappa shape index (κ3) is 8.79. The summed E-state index contributed by atoms with van der Waals surface area (Å²) in [7, 11) is 4.11. The van der Waals surface area contributed by atoms with Crippen LogP contribution < -0.4 is 0 Å². The fourth-order valence-electron chi connectivity index (χ4n) is 0.752. The maximum Gasteiger partial charge on any atom is 0.00625 e. The van der Waals surface area contributed by atoms with Gasteiger partial charge in [0.05, 0.1) is 0 Å². The lowest BCUT2D eigenvalue weighted by atomic mass is 10.2. The van der Waals surface area contributed by atoms with Gasteiger partial charge in [0, 0.05) is 11.5 Å². The zero-order valence-corrected chi connectivity index (χ0v) is 10.3. The molecule has 0 aliphatic carbocycles. The Bertz CT molecular complexity index is 83.9. The quantitative estimate of drug-likeness (QED) is 0.420. The Morgan fingerprint density at radius 3 is 2.42 bits per heavy atom. The normalized spacial score (nSPS) is 13.2. The van der Waals surface area contributed by atoms with Crippen molar-refractivity contribution >= 4 is 21.6 Å². The Kier molecular flexibility index (Phi) is 10.4. The molecule has 0 spiro atoms. The van der Waals surface area contributed by atoms with Crippen LogP contribution in [0.4, 0.5) is 0 Å². The first kappa shape index (κ1) is 12.7. The van der Waals surface area contributed by atoms with E-state index in [1.54, 1.807) is 0 Å². The van der Waals surface area contributed by atoms with Crippen molar-refractivity contribution in [2.75, 3.05) is 11.5 Å². The molecule has 0 aromatic rings. The average molecular weight is 206 g/mol. The van der Waals surface area contributed by atoms with Crippen molar-refractivity contribution in [1.29, 1.82) is 0 Å². The van der Waals surface area contributed by atoms with E-state index >= 15 is 0 Å². The molecule has 0 fully saturated rings. The second-order valence-corrected chi connectivity index (χ2v) is 5.95. The van der Waals surface area contributed by atoms with Gasteiger partial charge in [-0.2, -0.15) is 0 Å². The van der Waals surface area contributed by atoms with E-state index in [0.29, 0.717) is 0 Å². The fourth-order valence-corrected chi connectivity index (χ4v) is 3.45. The molecule has 0 amide bonds. The molecule has 0 aliphatic heterocycles. The second-order valence-electron chi connectivity index (χ2n) is 3.33. The van der Waals surface area contributed by atoms with Gasteiger partial charge in [-0.25, -0.2) is 0 Å². The Morgan fingerprint density at radius 1 is 1.08 bits per heavy atom. The molecule has 0 radical (unpaired) electrons. The van der Waals surface area contributed by atoms with Gasteiger partial charge in [-0.15, -0.1) is 0 Å². The third-order valence-electron chi connectivity index (χ3n) is 1.96. The van der Waals surface area contributed by atoms with Gasteiger partial charge in [0.15, 0.2) is 0 Å². The molecular formula is C10H22S2. The van der Waals surface area contributed by atoms with Crippen molar-refractivity contribution in [3.05, 3.63) is 0 Å². The molecule has 0 nitrogen and oxygen atoms in total. The Labute approximate surface area is 85.7 Å². The summed E-state index contributed by atoms with van der Waals surface area (Å²) in [6.07, 6.45) is 5.46. The van der Waals surface area contributed by atoms with Crippen molar-refractivity contribution < 1.29 is 0 Å². The topological polar surface area (TPSA) is 0 Å². The van der Waals surface area contributed by atoms with E-state index in [0.717, 1.165) is 5.92 Å². The van der Waals surface area contributed by atoms with Crippen molar-refractivity contribution in [1.82, 2.24) is 0 Å². The molecule has 0 rings (SSSR count). The number of hydrogen-bond acceptors (Lipinski definition) is 2. The Hall–Kier alpha value is 0.700. The van der Waals surface area contributed by atoms with Gasteiger partial charge in [0.1, 0.15) is 0 Å². The van der Waals surface area contributed by atoms with Gasteiger partial charge in [-0.1, -0.05) is 61.6 Å². The van der Waals surface area contributed by atoms with E-state index in [-0.39, 0.29) is 0 Å². The molecule has 74 valence electrons. The first-order valence-corrected chi connectivity index (χ1v) is 7.54. The van der Waals surface area contributed by atoms with Gasteiger partial charge in [0.2, 0.25) is 0 Å². The van der Waals surface area contributed by atoms with Crippen molar-refractivity contribution in [3.63, 3.8) is 0 Å². The molecule has 0 aliphatic rings. The molecule has 0 saturated heterocycles. The highest BCUT2D eigenvalue weighted by Crippen LogP contribution is 2.25. The lowest BCUT2D eigenvalue weighted by Crippen LogP contribution is -1.93. The molecule has 2 heteroatoms. The predicted molar refractivity (Wildman–Crippen MR) is 63.9 cm³/mol. The highest BCUT2D eigenvalue weighted by Gasteiger charge is 1.98. The van der Waals surface area contributed by atoms with Gasteiger partial charge in [-0.05, 0) is 12.3 Å².